The summed E-state index contributed by atoms with van der Waals surface area (Å²) in [6, 6.07) is 6.15. The van der Waals surface area contributed by atoms with Crippen molar-refractivity contribution in [3.63, 3.8) is 0 Å². The molecule has 184 valence electrons. The van der Waals surface area contributed by atoms with Crippen molar-refractivity contribution in [2.24, 2.45) is 16.6 Å². The number of halogens is 2. The topological polar surface area (TPSA) is 120 Å². The quantitative estimate of drug-likeness (QED) is 0.551. The summed E-state index contributed by atoms with van der Waals surface area (Å²) in [6.45, 7) is 0.384. The number of alkyl halides is 1. The van der Waals surface area contributed by atoms with Gasteiger partial charge in [-0.15, -0.1) is 0 Å². The van der Waals surface area contributed by atoms with Crippen LogP contribution in [0, 0.1) is 11.7 Å². The molecular weight excluding hydrogens is 476 g/mol. The number of hydrogen-bond acceptors (Lipinski definition) is 8. The lowest BCUT2D eigenvalue weighted by atomic mass is 9.90. The van der Waals surface area contributed by atoms with Crippen molar-refractivity contribution in [3.05, 3.63) is 59.3 Å². The predicted octanol–water partition coefficient (Wildman–Crippen LogP) is 2.88. The first-order valence-corrected chi connectivity index (χ1v) is 12.9. The molecule has 0 saturated heterocycles. The highest BCUT2D eigenvalue weighted by Crippen LogP contribution is 2.49. The first-order chi connectivity index (χ1) is 16.6. The van der Waals surface area contributed by atoms with Crippen LogP contribution in [0.3, 0.4) is 0 Å². The van der Waals surface area contributed by atoms with E-state index < -0.39 is 38.4 Å². The van der Waals surface area contributed by atoms with E-state index in [1.54, 1.807) is 24.4 Å². The third-order valence-electron chi connectivity index (χ3n) is 6.97. The molecule has 2 aromatic heterocycles. The maximum absolute atomic E-state index is 15.1. The van der Waals surface area contributed by atoms with Crippen molar-refractivity contribution in [3.8, 4) is 5.88 Å². The molecule has 1 fully saturated rings. The fraction of sp³-hybridized carbons (Fsp3) is 0.417. The summed E-state index contributed by atoms with van der Waals surface area (Å²) in [5.41, 5.74) is 7.18. The Morgan fingerprint density at radius 1 is 1.23 bits per heavy atom. The van der Waals surface area contributed by atoms with Gasteiger partial charge >= 0.3 is 0 Å². The number of methoxy groups -OCH3 is 1. The minimum absolute atomic E-state index is 0.0813. The van der Waals surface area contributed by atoms with Crippen LogP contribution in [-0.2, 0) is 21.8 Å². The second-order valence-electron chi connectivity index (χ2n) is 9.36. The van der Waals surface area contributed by atoms with E-state index in [9.17, 15) is 12.8 Å². The Labute approximate surface area is 201 Å². The highest BCUT2D eigenvalue weighted by molar-refractivity contribution is 7.93. The molecule has 5 rings (SSSR count). The second kappa shape index (κ2) is 8.18. The van der Waals surface area contributed by atoms with E-state index in [1.807, 2.05) is 0 Å². The van der Waals surface area contributed by atoms with E-state index in [1.165, 1.54) is 26.3 Å². The summed E-state index contributed by atoms with van der Waals surface area (Å²) in [4.78, 5) is 17.6. The van der Waals surface area contributed by atoms with Crippen molar-refractivity contribution in [2.45, 2.75) is 36.5 Å². The first kappa shape index (κ1) is 23.5. The minimum Gasteiger partial charge on any atom is -0.480 e. The van der Waals surface area contributed by atoms with Gasteiger partial charge in [-0.25, -0.2) is 27.2 Å². The zero-order valence-corrected chi connectivity index (χ0v) is 20.1. The van der Waals surface area contributed by atoms with E-state index in [0.29, 0.717) is 47.4 Å². The number of ether oxygens (including phenoxy) is 1. The summed E-state index contributed by atoms with van der Waals surface area (Å²) in [5.74, 6) is -1.44. The Bertz CT molecular complexity index is 1460. The van der Waals surface area contributed by atoms with Gasteiger partial charge in [-0.05, 0) is 43.4 Å². The van der Waals surface area contributed by atoms with Crippen LogP contribution in [-0.4, -0.2) is 53.5 Å². The number of aliphatic imine (C=N–C) groups is 1. The summed E-state index contributed by atoms with van der Waals surface area (Å²) in [6.07, 6.45) is 4.54. The monoisotopic (exact) mass is 501 g/mol. The van der Waals surface area contributed by atoms with Crippen molar-refractivity contribution in [1.82, 2.24) is 15.0 Å². The number of hydrogen-bond donors (Lipinski definition) is 1. The van der Waals surface area contributed by atoms with Crippen LogP contribution in [0.2, 0.25) is 0 Å². The standard InChI is InChI=1S/C24H25F2N5O3S/c1-23(13-35(32,33)24(12-25,15-4-5-15)22(27)31-23)16-9-14(3-6-17(16)26)10-19-21-18(7-8-28-19)30-20(34-2)11-29-21/h3,6-9,11,15H,4-5,10,12-13H2,1-2H3,(H2,27,31)/t23-,24-/m0/s1. The largest absolute Gasteiger partial charge is 0.480 e. The molecule has 8 nitrogen and oxygen atoms in total. The van der Waals surface area contributed by atoms with Crippen LogP contribution in [0.25, 0.3) is 11.0 Å². The highest BCUT2D eigenvalue weighted by atomic mass is 32.2. The molecule has 1 aliphatic carbocycles. The third-order valence-corrected chi connectivity index (χ3v) is 9.67. The number of rotatable bonds is 6. The lowest BCUT2D eigenvalue weighted by molar-refractivity contribution is 0.384. The number of nitrogens with zero attached hydrogens (tertiary/aromatic N) is 4. The van der Waals surface area contributed by atoms with Crippen LogP contribution in [0.5, 0.6) is 5.88 Å². The number of sulfone groups is 1. The summed E-state index contributed by atoms with van der Waals surface area (Å²) in [7, 11) is -2.54. The van der Waals surface area contributed by atoms with Crippen LogP contribution in [0.1, 0.15) is 36.6 Å². The molecule has 1 saturated carbocycles. The average molecular weight is 502 g/mol. The second-order valence-corrected chi connectivity index (χ2v) is 11.6. The van der Waals surface area contributed by atoms with Crippen LogP contribution >= 0.6 is 0 Å². The fourth-order valence-electron chi connectivity index (χ4n) is 4.96. The van der Waals surface area contributed by atoms with Crippen molar-refractivity contribution in [1.29, 1.82) is 0 Å². The van der Waals surface area contributed by atoms with Gasteiger partial charge in [-0.2, -0.15) is 0 Å². The first-order valence-electron chi connectivity index (χ1n) is 11.2. The van der Waals surface area contributed by atoms with Gasteiger partial charge in [0, 0.05) is 18.2 Å². The molecule has 3 aromatic rings. The molecular formula is C24H25F2N5O3S. The Morgan fingerprint density at radius 3 is 2.66 bits per heavy atom. The van der Waals surface area contributed by atoms with Gasteiger partial charge in [0.05, 0.1) is 30.3 Å². The Kier molecular flexibility index (Phi) is 5.50. The predicted molar refractivity (Wildman–Crippen MR) is 127 cm³/mol. The summed E-state index contributed by atoms with van der Waals surface area (Å²) in [5, 5.41) is 0. The number of pyridine rings is 1. The van der Waals surface area contributed by atoms with Gasteiger partial charge in [0.15, 0.2) is 14.6 Å². The third kappa shape index (κ3) is 3.72. The maximum Gasteiger partial charge on any atom is 0.232 e. The van der Waals surface area contributed by atoms with E-state index in [2.05, 4.69) is 19.9 Å². The SMILES string of the molecule is COc1cnc2c(Cc3ccc(F)c([C@]4(C)CS(=O)(=O)[C@@](CF)(C5CC5)C(N)=N4)c3)nccc2n1. The molecule has 11 heteroatoms. The molecule has 2 aliphatic rings. The van der Waals surface area contributed by atoms with Crippen LogP contribution < -0.4 is 10.5 Å². The maximum atomic E-state index is 15.1. The molecule has 35 heavy (non-hydrogen) atoms. The van der Waals surface area contributed by atoms with Gasteiger partial charge in [0.1, 0.15) is 29.4 Å². The van der Waals surface area contributed by atoms with Gasteiger partial charge in [-0.1, -0.05) is 12.1 Å². The zero-order valence-electron chi connectivity index (χ0n) is 19.3. The van der Waals surface area contributed by atoms with E-state index in [-0.39, 0.29) is 17.3 Å². The van der Waals surface area contributed by atoms with Crippen LogP contribution in [0.15, 0.2) is 41.7 Å². The van der Waals surface area contributed by atoms with E-state index >= 15 is 4.39 Å². The lowest BCUT2D eigenvalue weighted by Crippen LogP contribution is -2.61. The molecule has 1 aromatic carbocycles. The van der Waals surface area contributed by atoms with Crippen molar-refractivity contribution >= 4 is 26.7 Å². The van der Waals surface area contributed by atoms with Gasteiger partial charge in [0.2, 0.25) is 5.88 Å². The molecule has 0 amide bonds. The summed E-state index contributed by atoms with van der Waals surface area (Å²) < 4.78 is 59.2. The molecule has 1 aliphatic heterocycles. The molecule has 2 N–H and O–H groups in total. The molecule has 0 radical (unpaired) electrons. The Morgan fingerprint density at radius 2 is 2.00 bits per heavy atom. The van der Waals surface area contributed by atoms with E-state index in [4.69, 9.17) is 10.5 Å². The summed E-state index contributed by atoms with van der Waals surface area (Å²) >= 11 is 0. The number of aromatic nitrogens is 3. The van der Waals surface area contributed by atoms with Crippen molar-refractivity contribution < 1.29 is 21.9 Å². The van der Waals surface area contributed by atoms with Gasteiger partial charge in [-0.3, -0.25) is 9.98 Å². The molecule has 0 spiro atoms. The number of benzene rings is 1. The van der Waals surface area contributed by atoms with E-state index in [0.717, 1.165) is 0 Å². The molecule has 3 heterocycles. The molecule has 0 unspecified atom stereocenters. The van der Waals surface area contributed by atoms with Crippen molar-refractivity contribution in [2.75, 3.05) is 19.5 Å². The van der Waals surface area contributed by atoms with Gasteiger partial charge in [0.25, 0.3) is 0 Å². The van der Waals surface area contributed by atoms with Gasteiger partial charge < -0.3 is 10.5 Å². The number of nitrogens with two attached hydrogens (primary N) is 1. The average Bonchev–Trinajstić information content (AvgIpc) is 3.65. The zero-order chi connectivity index (χ0) is 25.0. The minimum atomic E-state index is -4.04. The lowest BCUT2D eigenvalue weighted by Gasteiger charge is -2.40. The fourth-order valence-corrected chi connectivity index (χ4v) is 7.45. The Balaban J connectivity index is 1.55. The Hall–Kier alpha value is -3.21. The number of fused-ring (bicyclic) bond motifs is 1. The molecule has 0 bridgehead atoms. The number of amidine groups is 1. The van der Waals surface area contributed by atoms with Crippen LogP contribution in [0.4, 0.5) is 8.78 Å². The molecule has 2 atom stereocenters. The normalized spacial score (nSPS) is 25.9. The smallest absolute Gasteiger partial charge is 0.232 e. The highest BCUT2D eigenvalue weighted by Gasteiger charge is 2.62.